The van der Waals surface area contributed by atoms with Crippen molar-refractivity contribution in [3.05, 3.63) is 70.3 Å². The highest BCUT2D eigenvalue weighted by Gasteiger charge is 2.33. The lowest BCUT2D eigenvalue weighted by atomic mass is 9.95. The lowest BCUT2D eigenvalue weighted by molar-refractivity contribution is -0.140. The molecule has 1 heterocycles. The molecule has 2 aliphatic rings. The molecule has 4 nitrogen and oxygen atoms in total. The van der Waals surface area contributed by atoms with Crippen LogP contribution in [0.5, 0.6) is 0 Å². The first kappa shape index (κ1) is 24.5. The molecule has 1 amide bonds. The summed E-state index contributed by atoms with van der Waals surface area (Å²) in [6.07, 6.45) is 4.38. The highest BCUT2D eigenvalue weighted by atomic mass is 19.1. The van der Waals surface area contributed by atoms with E-state index in [1.807, 2.05) is 11.8 Å². The van der Waals surface area contributed by atoms with Crippen LogP contribution in [0, 0.1) is 24.5 Å². The zero-order valence-electron chi connectivity index (χ0n) is 20.2. The molecular weight excluding hydrogens is 434 g/mol. The van der Waals surface area contributed by atoms with Crippen molar-refractivity contribution in [1.82, 2.24) is 9.80 Å². The van der Waals surface area contributed by atoms with Crippen LogP contribution in [-0.2, 0) is 29.0 Å². The quantitative estimate of drug-likeness (QED) is 0.583. The normalized spacial score (nSPS) is 19.5. The Labute approximate surface area is 200 Å². The molecule has 4 rings (SSSR count). The van der Waals surface area contributed by atoms with Crippen molar-refractivity contribution in [2.45, 2.75) is 65.0 Å². The highest BCUT2D eigenvalue weighted by Crippen LogP contribution is 2.28. The monoisotopic (exact) mass is 468 g/mol. The molecule has 0 spiro atoms. The number of nitrogens with zero attached hydrogens (tertiary/aromatic N) is 2. The van der Waals surface area contributed by atoms with Gasteiger partial charge in [-0.3, -0.25) is 14.5 Å². The first-order valence-electron chi connectivity index (χ1n) is 12.4. The summed E-state index contributed by atoms with van der Waals surface area (Å²) in [5.41, 5.74) is 2.78. The third-order valence-electron chi connectivity index (χ3n) is 7.41. The molecule has 1 atom stereocenters. The van der Waals surface area contributed by atoms with Gasteiger partial charge in [-0.05, 0) is 67.1 Å². The van der Waals surface area contributed by atoms with Crippen molar-refractivity contribution in [3.63, 3.8) is 0 Å². The number of hydrogen-bond acceptors (Lipinski definition) is 3. The summed E-state index contributed by atoms with van der Waals surface area (Å²) in [6, 6.07) is 9.33. The Hall–Kier alpha value is -2.60. The van der Waals surface area contributed by atoms with Crippen molar-refractivity contribution in [2.24, 2.45) is 5.92 Å². The Kier molecular flexibility index (Phi) is 7.77. The second-order valence-electron chi connectivity index (χ2n) is 9.93. The molecule has 1 aliphatic carbocycles. The predicted molar refractivity (Wildman–Crippen MR) is 128 cm³/mol. The maximum absolute atomic E-state index is 14.5. The maximum Gasteiger partial charge on any atom is 0.226 e. The number of carbonyl (C=O) groups excluding carboxylic acids is 2. The fourth-order valence-electron chi connectivity index (χ4n) is 5.43. The molecule has 0 radical (unpaired) electrons. The third-order valence-corrected chi connectivity index (χ3v) is 7.41. The largest absolute Gasteiger partial charge is 0.337 e. The third kappa shape index (κ3) is 5.72. The SMILES string of the molecule is Cc1c(CC(=O)Cc2ccccc2F)cc(F)cc1CN1CCN(C(=O)C2CCCC2)[C@@H](C)C1. The van der Waals surface area contributed by atoms with E-state index in [9.17, 15) is 18.4 Å². The Morgan fingerprint density at radius 3 is 2.35 bits per heavy atom. The zero-order chi connectivity index (χ0) is 24.2. The van der Waals surface area contributed by atoms with Gasteiger partial charge in [0, 0.05) is 51.0 Å². The van der Waals surface area contributed by atoms with Gasteiger partial charge in [-0.25, -0.2) is 8.78 Å². The van der Waals surface area contributed by atoms with Crippen molar-refractivity contribution in [1.29, 1.82) is 0 Å². The molecule has 34 heavy (non-hydrogen) atoms. The summed E-state index contributed by atoms with van der Waals surface area (Å²) in [5, 5.41) is 0. The van der Waals surface area contributed by atoms with Crippen LogP contribution in [0.3, 0.4) is 0 Å². The van der Waals surface area contributed by atoms with E-state index in [1.54, 1.807) is 24.3 Å². The number of piperazine rings is 1. The summed E-state index contributed by atoms with van der Waals surface area (Å²) < 4.78 is 28.4. The van der Waals surface area contributed by atoms with Crippen LogP contribution in [0.2, 0.25) is 0 Å². The first-order chi connectivity index (χ1) is 16.3. The molecule has 0 N–H and O–H groups in total. The Morgan fingerprint density at radius 1 is 0.971 bits per heavy atom. The van der Waals surface area contributed by atoms with Crippen molar-refractivity contribution in [2.75, 3.05) is 19.6 Å². The molecule has 2 aromatic rings. The fourth-order valence-corrected chi connectivity index (χ4v) is 5.43. The number of halogens is 2. The Balaban J connectivity index is 1.39. The predicted octanol–water partition coefficient (Wildman–Crippen LogP) is 4.85. The van der Waals surface area contributed by atoms with Crippen LogP contribution in [0.25, 0.3) is 0 Å². The van der Waals surface area contributed by atoms with Crippen LogP contribution in [-0.4, -0.2) is 47.2 Å². The van der Waals surface area contributed by atoms with Gasteiger partial charge in [-0.1, -0.05) is 31.0 Å². The Bertz CT molecular complexity index is 1050. The van der Waals surface area contributed by atoms with Crippen LogP contribution >= 0.6 is 0 Å². The van der Waals surface area contributed by atoms with Crippen LogP contribution in [0.15, 0.2) is 36.4 Å². The van der Waals surface area contributed by atoms with E-state index >= 15 is 0 Å². The summed E-state index contributed by atoms with van der Waals surface area (Å²) in [7, 11) is 0. The second kappa shape index (κ2) is 10.8. The summed E-state index contributed by atoms with van der Waals surface area (Å²) in [4.78, 5) is 29.8. The first-order valence-corrected chi connectivity index (χ1v) is 12.4. The smallest absolute Gasteiger partial charge is 0.226 e. The molecule has 1 saturated heterocycles. The summed E-state index contributed by atoms with van der Waals surface area (Å²) >= 11 is 0. The number of amides is 1. The molecule has 2 aromatic carbocycles. The van der Waals surface area contributed by atoms with E-state index in [4.69, 9.17) is 0 Å². The van der Waals surface area contributed by atoms with Gasteiger partial charge in [-0.2, -0.15) is 0 Å². The molecule has 182 valence electrons. The minimum atomic E-state index is -0.396. The number of rotatable bonds is 7. The van der Waals surface area contributed by atoms with E-state index in [0.29, 0.717) is 30.1 Å². The van der Waals surface area contributed by atoms with Crippen molar-refractivity contribution in [3.8, 4) is 0 Å². The summed E-state index contributed by atoms with van der Waals surface area (Å²) in [5.74, 6) is -0.423. The van der Waals surface area contributed by atoms with Crippen molar-refractivity contribution < 1.29 is 18.4 Å². The number of ketones is 1. The van der Waals surface area contributed by atoms with Gasteiger partial charge in [-0.15, -0.1) is 0 Å². The minimum absolute atomic E-state index is 0.00748. The van der Waals surface area contributed by atoms with Gasteiger partial charge in [0.15, 0.2) is 0 Å². The van der Waals surface area contributed by atoms with Crippen molar-refractivity contribution >= 4 is 11.7 Å². The molecule has 0 bridgehead atoms. The van der Waals surface area contributed by atoms with E-state index < -0.39 is 5.82 Å². The number of benzene rings is 2. The summed E-state index contributed by atoms with van der Waals surface area (Å²) in [6.45, 7) is 6.77. The fraction of sp³-hybridized carbons (Fsp3) is 0.500. The van der Waals surface area contributed by atoms with Crippen LogP contribution in [0.1, 0.15) is 54.9 Å². The van der Waals surface area contributed by atoms with E-state index in [-0.39, 0.29) is 36.4 Å². The molecule has 2 fully saturated rings. The molecule has 6 heteroatoms. The van der Waals surface area contributed by atoms with E-state index in [1.165, 1.54) is 12.1 Å². The van der Waals surface area contributed by atoms with Gasteiger partial charge in [0.05, 0.1) is 0 Å². The van der Waals surface area contributed by atoms with Gasteiger partial charge in [0.1, 0.15) is 17.4 Å². The number of carbonyl (C=O) groups is 2. The topological polar surface area (TPSA) is 40.6 Å². The van der Waals surface area contributed by atoms with Crippen LogP contribution < -0.4 is 0 Å². The molecule has 0 unspecified atom stereocenters. The van der Waals surface area contributed by atoms with Gasteiger partial charge in [0.25, 0.3) is 0 Å². The molecule has 1 saturated carbocycles. The van der Waals surface area contributed by atoms with E-state index in [2.05, 4.69) is 11.8 Å². The standard InChI is InChI=1S/C28H34F2N2O2/c1-19-17-31(11-12-32(19)28(34)21-7-3-4-8-21)18-24-14-25(29)13-23(20(24)2)16-26(33)15-22-9-5-6-10-27(22)30/h5-6,9-10,13-14,19,21H,3-4,7-8,11-12,15-18H2,1-2H3/t19-/m0/s1. The van der Waals surface area contributed by atoms with Gasteiger partial charge < -0.3 is 4.90 Å². The Morgan fingerprint density at radius 2 is 1.65 bits per heavy atom. The number of Topliss-reactive ketones (excluding diaryl/α,β-unsaturated/α-hetero) is 1. The average molecular weight is 469 g/mol. The second-order valence-corrected chi connectivity index (χ2v) is 9.93. The molecule has 0 aromatic heterocycles. The maximum atomic E-state index is 14.5. The highest BCUT2D eigenvalue weighted by molar-refractivity contribution is 5.83. The molecular formula is C28H34F2N2O2. The van der Waals surface area contributed by atoms with Crippen LogP contribution in [0.4, 0.5) is 8.78 Å². The van der Waals surface area contributed by atoms with Gasteiger partial charge in [0.2, 0.25) is 5.91 Å². The lowest BCUT2D eigenvalue weighted by Gasteiger charge is -2.41. The average Bonchev–Trinajstić information content (AvgIpc) is 3.33. The molecule has 1 aliphatic heterocycles. The van der Waals surface area contributed by atoms with Gasteiger partial charge >= 0.3 is 0 Å². The zero-order valence-corrected chi connectivity index (χ0v) is 20.2. The minimum Gasteiger partial charge on any atom is -0.337 e. The van der Waals surface area contributed by atoms with E-state index in [0.717, 1.165) is 49.9 Å². The lowest BCUT2D eigenvalue weighted by Crippen LogP contribution is -2.54. The number of hydrogen-bond donors (Lipinski definition) is 0.